The van der Waals surface area contributed by atoms with E-state index in [2.05, 4.69) is 9.88 Å². The Hall–Kier alpha value is -2.19. The van der Waals surface area contributed by atoms with E-state index in [0.717, 1.165) is 5.56 Å². The molecule has 0 bridgehead atoms. The van der Waals surface area contributed by atoms with E-state index in [0.29, 0.717) is 17.5 Å². The minimum atomic E-state index is -3.63. The minimum Gasteiger partial charge on any atom is -0.360 e. The highest BCUT2D eigenvalue weighted by Gasteiger charge is 2.18. The molecule has 0 saturated carbocycles. The lowest BCUT2D eigenvalue weighted by Crippen LogP contribution is -2.37. The van der Waals surface area contributed by atoms with Crippen LogP contribution in [0, 0.1) is 6.92 Å². The fraction of sp³-hybridized carbons (Fsp3) is 0.412. The minimum absolute atomic E-state index is 0.0692. The molecule has 136 valence electrons. The topological polar surface area (TPSA) is 92.5 Å². The third kappa shape index (κ3) is 4.90. The first-order chi connectivity index (χ1) is 11.7. The molecule has 0 radical (unpaired) electrons. The summed E-state index contributed by atoms with van der Waals surface area (Å²) in [5.41, 5.74) is 1.07. The zero-order valence-corrected chi connectivity index (χ0v) is 15.6. The number of benzene rings is 1. The van der Waals surface area contributed by atoms with Crippen molar-refractivity contribution in [1.29, 1.82) is 0 Å². The van der Waals surface area contributed by atoms with Crippen molar-refractivity contribution in [3.8, 4) is 0 Å². The lowest BCUT2D eigenvalue weighted by Gasteiger charge is -2.18. The molecular formula is C17H23N3O4S. The van der Waals surface area contributed by atoms with Crippen molar-refractivity contribution >= 4 is 21.7 Å². The van der Waals surface area contributed by atoms with E-state index in [-0.39, 0.29) is 23.9 Å². The maximum atomic E-state index is 12.4. The van der Waals surface area contributed by atoms with Gasteiger partial charge in [-0.2, -0.15) is 0 Å². The van der Waals surface area contributed by atoms with E-state index in [1.54, 1.807) is 37.3 Å². The first kappa shape index (κ1) is 19.1. The Morgan fingerprint density at radius 1 is 1.28 bits per heavy atom. The Morgan fingerprint density at radius 2 is 1.92 bits per heavy atom. The summed E-state index contributed by atoms with van der Waals surface area (Å²) >= 11 is 0. The fourth-order valence-electron chi connectivity index (χ4n) is 2.32. The predicted molar refractivity (Wildman–Crippen MR) is 95.0 cm³/mol. The number of amides is 1. The van der Waals surface area contributed by atoms with Gasteiger partial charge in [-0.25, -0.2) is 13.1 Å². The molecule has 0 aliphatic carbocycles. The van der Waals surface area contributed by atoms with Crippen LogP contribution in [0.25, 0.3) is 0 Å². The number of hydrogen-bond acceptors (Lipinski definition) is 5. The van der Waals surface area contributed by atoms with E-state index in [4.69, 9.17) is 4.52 Å². The third-order valence-electron chi connectivity index (χ3n) is 3.76. The molecule has 7 nitrogen and oxygen atoms in total. The van der Waals surface area contributed by atoms with Gasteiger partial charge in [-0.1, -0.05) is 31.1 Å². The number of carbonyl (C=O) groups is 1. The van der Waals surface area contributed by atoms with Crippen LogP contribution < -0.4 is 9.62 Å². The van der Waals surface area contributed by atoms with Crippen molar-refractivity contribution in [2.75, 3.05) is 18.0 Å². The first-order valence-corrected chi connectivity index (χ1v) is 9.50. The average molecular weight is 365 g/mol. The Bertz CT molecular complexity index is 826. The molecule has 1 aromatic heterocycles. The van der Waals surface area contributed by atoms with E-state index in [9.17, 15) is 13.2 Å². The Balaban J connectivity index is 2.02. The van der Waals surface area contributed by atoms with Crippen LogP contribution in [0.2, 0.25) is 0 Å². The highest BCUT2D eigenvalue weighted by molar-refractivity contribution is 7.89. The van der Waals surface area contributed by atoms with Gasteiger partial charge in [0.1, 0.15) is 5.76 Å². The Kier molecular flexibility index (Phi) is 5.97. The Labute approximate surface area is 148 Å². The molecule has 0 unspecified atom stereocenters. The summed E-state index contributed by atoms with van der Waals surface area (Å²) in [5.74, 6) is 1.03. The molecule has 1 N–H and O–H groups in total. The van der Waals surface area contributed by atoms with Gasteiger partial charge in [-0.05, 0) is 30.5 Å². The van der Waals surface area contributed by atoms with Gasteiger partial charge in [0.2, 0.25) is 15.9 Å². The number of hydrogen-bond donors (Lipinski definition) is 1. The molecule has 8 heteroatoms. The van der Waals surface area contributed by atoms with E-state index < -0.39 is 10.0 Å². The molecule has 1 heterocycles. The molecule has 0 atom stereocenters. The number of aryl methyl sites for hydroxylation is 1. The van der Waals surface area contributed by atoms with E-state index >= 15 is 0 Å². The SMILES string of the molecule is CC(=O)N(CCNS(=O)(=O)c1ccc(C(C)C)cc1)c1cc(C)on1. The fourth-order valence-corrected chi connectivity index (χ4v) is 3.34. The second-order valence-electron chi connectivity index (χ2n) is 6.09. The van der Waals surface area contributed by atoms with Crippen molar-refractivity contribution in [1.82, 2.24) is 9.88 Å². The van der Waals surface area contributed by atoms with Crippen LogP contribution in [0.3, 0.4) is 0 Å². The second kappa shape index (κ2) is 7.79. The van der Waals surface area contributed by atoms with Gasteiger partial charge < -0.3 is 4.52 Å². The monoisotopic (exact) mass is 365 g/mol. The number of aromatic nitrogens is 1. The van der Waals surface area contributed by atoms with Crippen LogP contribution in [-0.2, 0) is 14.8 Å². The van der Waals surface area contributed by atoms with Crippen LogP contribution in [0.4, 0.5) is 5.82 Å². The number of nitrogens with zero attached hydrogens (tertiary/aromatic N) is 2. The molecule has 0 saturated heterocycles. The summed E-state index contributed by atoms with van der Waals surface area (Å²) in [7, 11) is -3.63. The summed E-state index contributed by atoms with van der Waals surface area (Å²) < 4.78 is 32.2. The summed E-state index contributed by atoms with van der Waals surface area (Å²) in [4.78, 5) is 13.3. The van der Waals surface area contributed by atoms with Crippen molar-refractivity contribution in [2.24, 2.45) is 0 Å². The van der Waals surface area contributed by atoms with Crippen LogP contribution in [0.1, 0.15) is 38.0 Å². The van der Waals surface area contributed by atoms with Gasteiger partial charge in [0, 0.05) is 26.1 Å². The lowest BCUT2D eigenvalue weighted by molar-refractivity contribution is -0.116. The highest BCUT2D eigenvalue weighted by Crippen LogP contribution is 2.17. The van der Waals surface area contributed by atoms with Gasteiger partial charge in [0.25, 0.3) is 0 Å². The summed E-state index contributed by atoms with van der Waals surface area (Å²) in [6.45, 7) is 7.43. The van der Waals surface area contributed by atoms with Crippen molar-refractivity contribution in [3.63, 3.8) is 0 Å². The first-order valence-electron chi connectivity index (χ1n) is 8.02. The summed E-state index contributed by atoms with van der Waals surface area (Å²) in [6, 6.07) is 8.40. The molecule has 0 fully saturated rings. The van der Waals surface area contributed by atoms with Gasteiger partial charge in [-0.15, -0.1) is 0 Å². The quantitative estimate of drug-likeness (QED) is 0.813. The number of nitrogens with one attached hydrogen (secondary N) is 1. The molecule has 2 rings (SSSR count). The molecule has 0 aliphatic heterocycles. The molecule has 2 aromatic rings. The number of anilines is 1. The smallest absolute Gasteiger partial charge is 0.240 e. The molecule has 25 heavy (non-hydrogen) atoms. The average Bonchev–Trinajstić information content (AvgIpc) is 2.97. The van der Waals surface area contributed by atoms with Crippen LogP contribution in [0.15, 0.2) is 39.8 Å². The van der Waals surface area contributed by atoms with Gasteiger partial charge in [0.15, 0.2) is 5.82 Å². The molecule has 1 aromatic carbocycles. The maximum absolute atomic E-state index is 12.4. The zero-order chi connectivity index (χ0) is 18.6. The molecule has 1 amide bonds. The zero-order valence-electron chi connectivity index (χ0n) is 14.8. The highest BCUT2D eigenvalue weighted by atomic mass is 32.2. The number of carbonyl (C=O) groups excluding carboxylic acids is 1. The van der Waals surface area contributed by atoms with Gasteiger partial charge in [0.05, 0.1) is 4.90 Å². The third-order valence-corrected chi connectivity index (χ3v) is 5.23. The largest absolute Gasteiger partial charge is 0.360 e. The Morgan fingerprint density at radius 3 is 2.40 bits per heavy atom. The summed E-state index contributed by atoms with van der Waals surface area (Å²) in [6.07, 6.45) is 0. The molecule has 0 spiro atoms. The number of rotatable bonds is 7. The van der Waals surface area contributed by atoms with Crippen molar-refractivity contribution in [3.05, 3.63) is 41.7 Å². The van der Waals surface area contributed by atoms with E-state index in [1.807, 2.05) is 13.8 Å². The van der Waals surface area contributed by atoms with Gasteiger partial charge in [-0.3, -0.25) is 9.69 Å². The van der Waals surface area contributed by atoms with Crippen LogP contribution in [0.5, 0.6) is 0 Å². The maximum Gasteiger partial charge on any atom is 0.240 e. The van der Waals surface area contributed by atoms with Gasteiger partial charge >= 0.3 is 0 Å². The molecular weight excluding hydrogens is 342 g/mol. The van der Waals surface area contributed by atoms with Crippen LogP contribution >= 0.6 is 0 Å². The number of sulfonamides is 1. The normalized spacial score (nSPS) is 11.7. The summed E-state index contributed by atoms with van der Waals surface area (Å²) in [5, 5.41) is 3.79. The molecule has 0 aliphatic rings. The standard InChI is InChI=1S/C17H23N3O4S/c1-12(2)15-5-7-16(8-6-15)25(22,23)18-9-10-20(14(4)21)17-11-13(3)24-19-17/h5-8,11-12,18H,9-10H2,1-4H3. The van der Waals surface area contributed by atoms with Crippen molar-refractivity contribution in [2.45, 2.75) is 38.5 Å². The lowest BCUT2D eigenvalue weighted by atomic mass is 10.0. The predicted octanol–water partition coefficient (Wildman–Crippen LogP) is 2.44. The van der Waals surface area contributed by atoms with Crippen molar-refractivity contribution < 1.29 is 17.7 Å². The van der Waals surface area contributed by atoms with E-state index in [1.165, 1.54) is 11.8 Å². The van der Waals surface area contributed by atoms with Crippen LogP contribution in [-0.4, -0.2) is 32.6 Å². The second-order valence-corrected chi connectivity index (χ2v) is 7.85.